The monoisotopic (exact) mass is 434 g/mol. The van der Waals surface area contributed by atoms with Gasteiger partial charge in [0.05, 0.1) is 17.4 Å². The standard InChI is InChI=1S/C21H25F3N6O/c1-20(2,31)15-3-5-16(6-4-15)29-18-13(9-25)11-27-19(30-18)28-12-14-10-26-8-7-17(14)21(22,23)24/h7-8,10-11,15-16,31H,3-6,12H2,1-2H3,(H2,27,28,29,30). The lowest BCUT2D eigenvalue weighted by atomic mass is 9.77. The molecule has 3 N–H and O–H groups in total. The lowest BCUT2D eigenvalue weighted by Gasteiger charge is -2.36. The molecule has 0 saturated heterocycles. The average Bonchev–Trinajstić information content (AvgIpc) is 2.72. The number of hydrogen-bond acceptors (Lipinski definition) is 7. The highest BCUT2D eigenvalue weighted by Gasteiger charge is 2.33. The van der Waals surface area contributed by atoms with Gasteiger partial charge >= 0.3 is 6.18 Å². The fourth-order valence-corrected chi connectivity index (χ4v) is 3.82. The van der Waals surface area contributed by atoms with Crippen LogP contribution < -0.4 is 10.6 Å². The first-order valence-electron chi connectivity index (χ1n) is 10.1. The summed E-state index contributed by atoms with van der Waals surface area (Å²) in [7, 11) is 0. The van der Waals surface area contributed by atoms with E-state index in [-0.39, 0.29) is 35.6 Å². The summed E-state index contributed by atoms with van der Waals surface area (Å²) < 4.78 is 39.5. The van der Waals surface area contributed by atoms with Crippen molar-refractivity contribution in [1.82, 2.24) is 15.0 Å². The zero-order chi connectivity index (χ0) is 22.6. The third kappa shape index (κ3) is 5.82. The molecular weight excluding hydrogens is 409 g/mol. The van der Waals surface area contributed by atoms with Crippen molar-refractivity contribution in [2.45, 2.75) is 63.9 Å². The summed E-state index contributed by atoms with van der Waals surface area (Å²) in [5.41, 5.74) is -1.27. The van der Waals surface area contributed by atoms with Crippen LogP contribution in [-0.4, -0.2) is 31.7 Å². The number of alkyl halides is 3. The molecule has 0 unspecified atom stereocenters. The first-order chi connectivity index (χ1) is 14.6. The summed E-state index contributed by atoms with van der Waals surface area (Å²) in [4.78, 5) is 12.1. The Morgan fingerprint density at radius 3 is 2.52 bits per heavy atom. The summed E-state index contributed by atoms with van der Waals surface area (Å²) in [6.45, 7) is 3.47. The second-order valence-corrected chi connectivity index (χ2v) is 8.30. The van der Waals surface area contributed by atoms with Crippen LogP contribution in [0.3, 0.4) is 0 Å². The fourth-order valence-electron chi connectivity index (χ4n) is 3.82. The predicted molar refractivity (Wildman–Crippen MR) is 109 cm³/mol. The molecule has 10 heteroatoms. The molecule has 1 aliphatic carbocycles. The van der Waals surface area contributed by atoms with Gasteiger partial charge in [-0.3, -0.25) is 4.98 Å². The molecule has 2 heterocycles. The van der Waals surface area contributed by atoms with E-state index < -0.39 is 17.3 Å². The summed E-state index contributed by atoms with van der Waals surface area (Å²) in [5.74, 6) is 0.670. The van der Waals surface area contributed by atoms with Crippen LogP contribution in [0.5, 0.6) is 0 Å². The molecule has 3 rings (SSSR count). The molecule has 1 fully saturated rings. The number of hydrogen-bond donors (Lipinski definition) is 3. The highest BCUT2D eigenvalue weighted by molar-refractivity contribution is 5.54. The minimum Gasteiger partial charge on any atom is -0.390 e. The van der Waals surface area contributed by atoms with Crippen LogP contribution in [0.2, 0.25) is 0 Å². The van der Waals surface area contributed by atoms with Crippen molar-refractivity contribution in [3.05, 3.63) is 41.3 Å². The Morgan fingerprint density at radius 2 is 1.90 bits per heavy atom. The van der Waals surface area contributed by atoms with E-state index in [1.54, 1.807) is 0 Å². The van der Waals surface area contributed by atoms with Gasteiger partial charge in [0, 0.05) is 30.5 Å². The molecule has 0 radical (unpaired) electrons. The van der Waals surface area contributed by atoms with E-state index in [4.69, 9.17) is 0 Å². The van der Waals surface area contributed by atoms with Crippen molar-refractivity contribution >= 4 is 11.8 Å². The molecule has 31 heavy (non-hydrogen) atoms. The van der Waals surface area contributed by atoms with Crippen molar-refractivity contribution < 1.29 is 18.3 Å². The highest BCUT2D eigenvalue weighted by atomic mass is 19.4. The molecule has 0 atom stereocenters. The Hall–Kier alpha value is -2.93. The van der Waals surface area contributed by atoms with Crippen LogP contribution in [-0.2, 0) is 12.7 Å². The van der Waals surface area contributed by atoms with E-state index >= 15 is 0 Å². The van der Waals surface area contributed by atoms with Gasteiger partial charge in [-0.05, 0) is 51.5 Å². The second kappa shape index (κ2) is 9.06. The molecule has 0 amide bonds. The molecule has 0 aromatic carbocycles. The van der Waals surface area contributed by atoms with Crippen LogP contribution in [0.25, 0.3) is 0 Å². The van der Waals surface area contributed by atoms with Gasteiger partial charge in [0.15, 0.2) is 0 Å². The maximum Gasteiger partial charge on any atom is 0.416 e. The number of aliphatic hydroxyl groups is 1. The van der Waals surface area contributed by atoms with E-state index in [0.717, 1.165) is 44.1 Å². The Bertz CT molecular complexity index is 943. The topological polar surface area (TPSA) is 107 Å². The molecule has 7 nitrogen and oxygen atoms in total. The molecule has 0 bridgehead atoms. The van der Waals surface area contributed by atoms with E-state index in [2.05, 4.69) is 25.6 Å². The minimum atomic E-state index is -4.49. The number of pyridine rings is 1. The van der Waals surface area contributed by atoms with Crippen molar-refractivity contribution in [2.75, 3.05) is 10.6 Å². The SMILES string of the molecule is CC(C)(O)C1CCC(Nc2nc(NCc3cnccc3C(F)(F)F)ncc2C#N)CC1. The van der Waals surface area contributed by atoms with E-state index in [1.165, 1.54) is 6.20 Å². The molecule has 0 aliphatic heterocycles. The quantitative estimate of drug-likeness (QED) is 0.628. The first kappa shape index (κ1) is 22.7. The number of nitrogens with zero attached hydrogens (tertiary/aromatic N) is 4. The number of nitrogens with one attached hydrogen (secondary N) is 2. The van der Waals surface area contributed by atoms with Crippen LogP contribution in [0.4, 0.5) is 24.9 Å². The van der Waals surface area contributed by atoms with Gasteiger partial charge in [0.1, 0.15) is 17.5 Å². The highest BCUT2D eigenvalue weighted by Crippen LogP contribution is 2.34. The fraction of sp³-hybridized carbons (Fsp3) is 0.524. The lowest BCUT2D eigenvalue weighted by molar-refractivity contribution is -0.138. The third-order valence-electron chi connectivity index (χ3n) is 5.62. The second-order valence-electron chi connectivity index (χ2n) is 8.30. The Kier molecular flexibility index (Phi) is 6.65. The van der Waals surface area contributed by atoms with E-state index in [1.807, 2.05) is 19.9 Å². The van der Waals surface area contributed by atoms with Crippen LogP contribution >= 0.6 is 0 Å². The zero-order valence-corrected chi connectivity index (χ0v) is 17.4. The third-order valence-corrected chi connectivity index (χ3v) is 5.62. The van der Waals surface area contributed by atoms with Crippen molar-refractivity contribution in [2.24, 2.45) is 5.92 Å². The number of anilines is 2. The largest absolute Gasteiger partial charge is 0.416 e. The van der Waals surface area contributed by atoms with Gasteiger partial charge in [-0.2, -0.15) is 23.4 Å². The van der Waals surface area contributed by atoms with Gasteiger partial charge in [-0.25, -0.2) is 4.98 Å². The lowest BCUT2D eigenvalue weighted by Crippen LogP contribution is -2.37. The molecule has 1 aliphatic rings. The minimum absolute atomic E-state index is 0.0255. The van der Waals surface area contributed by atoms with Gasteiger partial charge in [0.2, 0.25) is 5.95 Å². The smallest absolute Gasteiger partial charge is 0.390 e. The van der Waals surface area contributed by atoms with Crippen molar-refractivity contribution in [3.8, 4) is 6.07 Å². The van der Waals surface area contributed by atoms with Crippen LogP contribution in [0, 0.1) is 17.2 Å². The molecule has 166 valence electrons. The Morgan fingerprint density at radius 1 is 1.19 bits per heavy atom. The Balaban J connectivity index is 1.69. The molecule has 0 spiro atoms. The normalized spacial score (nSPS) is 19.5. The van der Waals surface area contributed by atoms with Gasteiger partial charge in [0.25, 0.3) is 0 Å². The number of rotatable bonds is 6. The summed E-state index contributed by atoms with van der Waals surface area (Å²) in [6.07, 6.45) is 2.43. The van der Waals surface area contributed by atoms with E-state index in [9.17, 15) is 23.5 Å². The van der Waals surface area contributed by atoms with E-state index in [0.29, 0.717) is 5.82 Å². The zero-order valence-electron chi connectivity index (χ0n) is 17.4. The Labute approximate surface area is 178 Å². The molecular formula is C21H25F3N6O. The van der Waals surface area contributed by atoms with Crippen molar-refractivity contribution in [3.63, 3.8) is 0 Å². The van der Waals surface area contributed by atoms with Gasteiger partial charge in [-0.15, -0.1) is 0 Å². The summed E-state index contributed by atoms with van der Waals surface area (Å²) in [5, 5.41) is 25.6. The number of halogens is 3. The number of nitriles is 1. The molecule has 2 aromatic heterocycles. The predicted octanol–water partition coefficient (Wildman–Crippen LogP) is 4.12. The first-order valence-corrected chi connectivity index (χ1v) is 10.1. The summed E-state index contributed by atoms with van der Waals surface area (Å²) >= 11 is 0. The van der Waals surface area contributed by atoms with Crippen LogP contribution in [0.1, 0.15) is 56.2 Å². The average molecular weight is 434 g/mol. The maximum atomic E-state index is 13.2. The van der Waals surface area contributed by atoms with Crippen molar-refractivity contribution in [1.29, 1.82) is 5.26 Å². The van der Waals surface area contributed by atoms with Gasteiger partial charge < -0.3 is 15.7 Å². The van der Waals surface area contributed by atoms with Gasteiger partial charge in [-0.1, -0.05) is 0 Å². The summed E-state index contributed by atoms with van der Waals surface area (Å²) in [6, 6.07) is 3.05. The molecule has 1 saturated carbocycles. The molecule has 2 aromatic rings. The number of aromatic nitrogens is 3. The van der Waals surface area contributed by atoms with Crippen LogP contribution in [0.15, 0.2) is 24.7 Å². The maximum absolute atomic E-state index is 13.2.